The SMILES string of the molecule is COc1cc(C#N)ccc1OCC(=O)N1CCC[C@H](C)C1. The fourth-order valence-corrected chi connectivity index (χ4v) is 2.50. The van der Waals surface area contributed by atoms with Crippen molar-refractivity contribution in [3.05, 3.63) is 23.8 Å². The summed E-state index contributed by atoms with van der Waals surface area (Å²) in [5.41, 5.74) is 0.496. The van der Waals surface area contributed by atoms with Crippen LogP contribution >= 0.6 is 0 Å². The van der Waals surface area contributed by atoms with Gasteiger partial charge >= 0.3 is 0 Å². The van der Waals surface area contributed by atoms with E-state index >= 15 is 0 Å². The highest BCUT2D eigenvalue weighted by molar-refractivity contribution is 5.78. The molecule has 1 aromatic carbocycles. The summed E-state index contributed by atoms with van der Waals surface area (Å²) in [6.07, 6.45) is 2.22. The smallest absolute Gasteiger partial charge is 0.260 e. The highest BCUT2D eigenvalue weighted by Crippen LogP contribution is 2.28. The topological polar surface area (TPSA) is 62.6 Å². The molecule has 0 saturated carbocycles. The number of carbonyl (C=O) groups is 1. The normalized spacial score (nSPS) is 18.0. The fraction of sp³-hybridized carbons (Fsp3) is 0.500. The third kappa shape index (κ3) is 3.88. The first kappa shape index (κ1) is 15.2. The van der Waals surface area contributed by atoms with Crippen LogP contribution in [0.1, 0.15) is 25.3 Å². The van der Waals surface area contributed by atoms with Crippen molar-refractivity contribution in [2.75, 3.05) is 26.8 Å². The monoisotopic (exact) mass is 288 g/mol. The van der Waals surface area contributed by atoms with Crippen molar-refractivity contribution in [3.63, 3.8) is 0 Å². The number of nitriles is 1. The minimum atomic E-state index is -0.00652. The van der Waals surface area contributed by atoms with E-state index < -0.39 is 0 Å². The number of nitrogens with zero attached hydrogens (tertiary/aromatic N) is 2. The van der Waals surface area contributed by atoms with E-state index in [4.69, 9.17) is 14.7 Å². The van der Waals surface area contributed by atoms with Gasteiger partial charge in [-0.05, 0) is 30.9 Å². The average molecular weight is 288 g/mol. The van der Waals surface area contributed by atoms with E-state index in [0.29, 0.717) is 23.0 Å². The number of amides is 1. The van der Waals surface area contributed by atoms with E-state index in [2.05, 4.69) is 6.92 Å². The Morgan fingerprint density at radius 2 is 2.29 bits per heavy atom. The lowest BCUT2D eigenvalue weighted by atomic mass is 10.0. The maximum absolute atomic E-state index is 12.1. The summed E-state index contributed by atoms with van der Waals surface area (Å²) in [4.78, 5) is 14.0. The molecule has 0 aliphatic carbocycles. The first-order chi connectivity index (χ1) is 10.1. The van der Waals surface area contributed by atoms with E-state index in [9.17, 15) is 4.79 Å². The fourth-order valence-electron chi connectivity index (χ4n) is 2.50. The van der Waals surface area contributed by atoms with Crippen molar-refractivity contribution in [1.82, 2.24) is 4.90 Å². The Kier molecular flexibility index (Phi) is 5.04. The number of benzene rings is 1. The van der Waals surface area contributed by atoms with Gasteiger partial charge in [0.2, 0.25) is 0 Å². The predicted molar refractivity (Wildman–Crippen MR) is 78.2 cm³/mol. The molecule has 5 nitrogen and oxygen atoms in total. The lowest BCUT2D eigenvalue weighted by molar-refractivity contribution is -0.135. The molecule has 0 spiro atoms. The van der Waals surface area contributed by atoms with Crippen LogP contribution in [-0.2, 0) is 4.79 Å². The molecule has 0 radical (unpaired) electrons. The molecule has 1 heterocycles. The third-order valence-corrected chi connectivity index (χ3v) is 3.65. The molecule has 1 atom stereocenters. The Bertz CT molecular complexity index is 551. The maximum atomic E-state index is 12.1. The summed E-state index contributed by atoms with van der Waals surface area (Å²) in [6.45, 7) is 3.75. The Labute approximate surface area is 125 Å². The summed E-state index contributed by atoms with van der Waals surface area (Å²) in [7, 11) is 1.51. The van der Waals surface area contributed by atoms with Crippen LogP contribution in [0.2, 0.25) is 0 Å². The Balaban J connectivity index is 1.96. The van der Waals surface area contributed by atoms with Gasteiger partial charge in [-0.3, -0.25) is 4.79 Å². The molecule has 21 heavy (non-hydrogen) atoms. The van der Waals surface area contributed by atoms with Gasteiger partial charge in [-0.1, -0.05) is 6.92 Å². The lowest BCUT2D eigenvalue weighted by Gasteiger charge is -2.30. The molecule has 0 N–H and O–H groups in total. The van der Waals surface area contributed by atoms with Gasteiger partial charge in [0.1, 0.15) is 0 Å². The van der Waals surface area contributed by atoms with Gasteiger partial charge in [0.25, 0.3) is 5.91 Å². The Morgan fingerprint density at radius 1 is 1.48 bits per heavy atom. The second kappa shape index (κ2) is 6.98. The van der Waals surface area contributed by atoms with Gasteiger partial charge in [0, 0.05) is 19.2 Å². The minimum absolute atomic E-state index is 0.00498. The van der Waals surface area contributed by atoms with Gasteiger partial charge in [-0.25, -0.2) is 0 Å². The minimum Gasteiger partial charge on any atom is -0.493 e. The second-order valence-electron chi connectivity index (χ2n) is 5.35. The molecule has 1 aromatic rings. The number of ether oxygens (including phenoxy) is 2. The number of methoxy groups -OCH3 is 1. The van der Waals surface area contributed by atoms with Crippen molar-refractivity contribution in [1.29, 1.82) is 5.26 Å². The number of likely N-dealkylation sites (tertiary alicyclic amines) is 1. The van der Waals surface area contributed by atoms with Gasteiger partial charge in [0.05, 0.1) is 18.7 Å². The summed E-state index contributed by atoms with van der Waals surface area (Å²) < 4.78 is 10.7. The zero-order valence-corrected chi connectivity index (χ0v) is 12.5. The van der Waals surface area contributed by atoms with Gasteiger partial charge < -0.3 is 14.4 Å². The molecule has 112 valence electrons. The van der Waals surface area contributed by atoms with Crippen LogP contribution in [0.15, 0.2) is 18.2 Å². The summed E-state index contributed by atoms with van der Waals surface area (Å²) >= 11 is 0. The standard InChI is InChI=1S/C16H20N2O3/c1-12-4-3-7-18(10-12)16(19)11-21-14-6-5-13(9-17)8-15(14)20-2/h5-6,8,12H,3-4,7,10-11H2,1-2H3/t12-/m0/s1. The molecule has 1 aliphatic heterocycles. The van der Waals surface area contributed by atoms with Gasteiger partial charge in [-0.15, -0.1) is 0 Å². The average Bonchev–Trinajstić information content (AvgIpc) is 2.52. The molecule has 1 aliphatic rings. The molecule has 1 amide bonds. The largest absolute Gasteiger partial charge is 0.493 e. The molecule has 0 bridgehead atoms. The summed E-state index contributed by atoms with van der Waals surface area (Å²) in [5, 5.41) is 8.85. The maximum Gasteiger partial charge on any atom is 0.260 e. The third-order valence-electron chi connectivity index (χ3n) is 3.65. The molecule has 1 saturated heterocycles. The number of rotatable bonds is 4. The van der Waals surface area contributed by atoms with Gasteiger partial charge in [-0.2, -0.15) is 5.26 Å². The molecule has 0 aromatic heterocycles. The Hall–Kier alpha value is -2.22. The van der Waals surface area contributed by atoms with E-state index in [1.807, 2.05) is 11.0 Å². The number of hydrogen-bond acceptors (Lipinski definition) is 4. The number of carbonyl (C=O) groups excluding carboxylic acids is 1. The Morgan fingerprint density at radius 3 is 2.95 bits per heavy atom. The van der Waals surface area contributed by atoms with Crippen molar-refractivity contribution in [2.24, 2.45) is 5.92 Å². The first-order valence-corrected chi connectivity index (χ1v) is 7.12. The van der Waals surface area contributed by atoms with Crippen molar-refractivity contribution in [2.45, 2.75) is 19.8 Å². The van der Waals surface area contributed by atoms with Crippen LogP contribution in [0.4, 0.5) is 0 Å². The van der Waals surface area contributed by atoms with Crippen molar-refractivity contribution in [3.8, 4) is 17.6 Å². The highest BCUT2D eigenvalue weighted by atomic mass is 16.5. The van der Waals surface area contributed by atoms with E-state index in [0.717, 1.165) is 19.5 Å². The summed E-state index contributed by atoms with van der Waals surface area (Å²) in [6, 6.07) is 6.94. The van der Waals surface area contributed by atoms with E-state index in [1.165, 1.54) is 13.5 Å². The zero-order valence-electron chi connectivity index (χ0n) is 12.5. The molecule has 2 rings (SSSR count). The number of hydrogen-bond donors (Lipinski definition) is 0. The molecular weight excluding hydrogens is 268 g/mol. The van der Waals surface area contributed by atoms with Crippen LogP contribution in [0.5, 0.6) is 11.5 Å². The van der Waals surface area contributed by atoms with Crippen LogP contribution in [0, 0.1) is 17.2 Å². The molecule has 5 heteroatoms. The van der Waals surface area contributed by atoms with Crippen LogP contribution in [0.3, 0.4) is 0 Å². The highest BCUT2D eigenvalue weighted by Gasteiger charge is 2.21. The van der Waals surface area contributed by atoms with E-state index in [-0.39, 0.29) is 12.5 Å². The summed E-state index contributed by atoms with van der Waals surface area (Å²) in [5.74, 6) is 1.49. The van der Waals surface area contributed by atoms with E-state index in [1.54, 1.807) is 18.2 Å². The lowest BCUT2D eigenvalue weighted by Crippen LogP contribution is -2.41. The van der Waals surface area contributed by atoms with Crippen LogP contribution in [-0.4, -0.2) is 37.6 Å². The first-order valence-electron chi connectivity index (χ1n) is 7.12. The van der Waals surface area contributed by atoms with Crippen molar-refractivity contribution >= 4 is 5.91 Å². The second-order valence-corrected chi connectivity index (χ2v) is 5.35. The molecule has 1 fully saturated rings. The van der Waals surface area contributed by atoms with Crippen molar-refractivity contribution < 1.29 is 14.3 Å². The molecule has 0 unspecified atom stereocenters. The van der Waals surface area contributed by atoms with Crippen LogP contribution < -0.4 is 9.47 Å². The van der Waals surface area contributed by atoms with Gasteiger partial charge in [0.15, 0.2) is 18.1 Å². The quantitative estimate of drug-likeness (QED) is 0.852. The number of piperidine rings is 1. The predicted octanol–water partition coefficient (Wildman–Crippen LogP) is 2.20. The van der Waals surface area contributed by atoms with Crippen LogP contribution in [0.25, 0.3) is 0 Å². The molecular formula is C16H20N2O3. The zero-order chi connectivity index (χ0) is 15.2.